The Bertz CT molecular complexity index is 511. The molecule has 2 atom stereocenters. The van der Waals surface area contributed by atoms with Crippen LogP contribution in [0.25, 0.3) is 0 Å². The summed E-state index contributed by atoms with van der Waals surface area (Å²) >= 11 is 0. The normalized spacial score (nSPS) is 23.6. The Morgan fingerprint density at radius 2 is 2.18 bits per heavy atom. The van der Waals surface area contributed by atoms with Crippen LogP contribution in [-0.4, -0.2) is 42.5 Å². The van der Waals surface area contributed by atoms with Gasteiger partial charge in [-0.05, 0) is 43.9 Å². The summed E-state index contributed by atoms with van der Waals surface area (Å²) in [5.74, 6) is 0.170. The molecule has 1 saturated heterocycles. The van der Waals surface area contributed by atoms with E-state index < -0.39 is 0 Å². The summed E-state index contributed by atoms with van der Waals surface area (Å²) in [5.41, 5.74) is 2.90. The van der Waals surface area contributed by atoms with Crippen LogP contribution in [0.1, 0.15) is 37.3 Å². The van der Waals surface area contributed by atoms with Crippen LogP contribution in [0.2, 0.25) is 0 Å². The number of rotatable bonds is 4. The molecule has 22 heavy (non-hydrogen) atoms. The Morgan fingerprint density at radius 1 is 1.36 bits per heavy atom. The number of nitrogens with zero attached hydrogens (tertiary/aromatic N) is 1. The lowest BCUT2D eigenvalue weighted by Gasteiger charge is -2.34. The van der Waals surface area contributed by atoms with Crippen molar-refractivity contribution in [2.45, 2.75) is 51.2 Å². The molecule has 0 spiro atoms. The summed E-state index contributed by atoms with van der Waals surface area (Å²) in [4.78, 5) is 14.7. The van der Waals surface area contributed by atoms with Gasteiger partial charge in [0.1, 0.15) is 0 Å². The van der Waals surface area contributed by atoms with Crippen LogP contribution in [0, 0.1) is 0 Å². The molecule has 1 amide bonds. The largest absolute Gasteiger partial charge is 0.353 e. The zero-order valence-corrected chi connectivity index (χ0v) is 13.5. The first-order chi connectivity index (χ1) is 10.7. The molecule has 1 aromatic carbocycles. The lowest BCUT2D eigenvalue weighted by Crippen LogP contribution is -2.50. The standard InChI is InChI=1S/C18H27N3O/c1-14(12-20-18(22)17-8-4-5-10-19-17)21-11-9-15-6-2-3-7-16(15)13-21/h2-3,6-7,14,17,19H,4-5,8-13H2,1H3,(H,20,22)/t14?,17-/m1/s1. The van der Waals surface area contributed by atoms with Gasteiger partial charge in [0, 0.05) is 25.7 Å². The summed E-state index contributed by atoms with van der Waals surface area (Å²) in [6.45, 7) is 5.99. The number of carbonyl (C=O) groups is 1. The van der Waals surface area contributed by atoms with Gasteiger partial charge in [-0.1, -0.05) is 30.7 Å². The number of piperidine rings is 1. The molecule has 1 unspecified atom stereocenters. The first-order valence-electron chi connectivity index (χ1n) is 8.56. The maximum Gasteiger partial charge on any atom is 0.237 e. The second-order valence-electron chi connectivity index (χ2n) is 6.59. The van der Waals surface area contributed by atoms with Gasteiger partial charge < -0.3 is 10.6 Å². The molecule has 0 aliphatic carbocycles. The molecule has 2 heterocycles. The lowest BCUT2D eigenvalue weighted by atomic mass is 9.99. The number of fused-ring (bicyclic) bond motifs is 1. The Morgan fingerprint density at radius 3 is 2.95 bits per heavy atom. The smallest absolute Gasteiger partial charge is 0.237 e. The van der Waals surface area contributed by atoms with Crippen molar-refractivity contribution in [3.8, 4) is 0 Å². The van der Waals surface area contributed by atoms with Gasteiger partial charge in [-0.25, -0.2) is 0 Å². The molecule has 0 saturated carbocycles. The molecule has 1 fully saturated rings. The summed E-state index contributed by atoms with van der Waals surface area (Å²) in [5, 5.41) is 6.44. The number of carbonyl (C=O) groups excluding carboxylic acids is 1. The van der Waals surface area contributed by atoms with Crippen molar-refractivity contribution in [2.75, 3.05) is 19.6 Å². The van der Waals surface area contributed by atoms with Gasteiger partial charge in [-0.3, -0.25) is 9.69 Å². The SMILES string of the molecule is CC(CNC(=O)[C@H]1CCCCN1)N1CCc2ccccc2C1. The zero-order valence-electron chi connectivity index (χ0n) is 13.5. The van der Waals surface area contributed by atoms with Crippen molar-refractivity contribution < 1.29 is 4.79 Å². The molecule has 4 nitrogen and oxygen atoms in total. The molecule has 1 aromatic rings. The van der Waals surface area contributed by atoms with Crippen molar-refractivity contribution >= 4 is 5.91 Å². The van der Waals surface area contributed by atoms with Crippen molar-refractivity contribution in [1.82, 2.24) is 15.5 Å². The van der Waals surface area contributed by atoms with Gasteiger partial charge in [0.15, 0.2) is 0 Å². The molecule has 2 aliphatic heterocycles. The van der Waals surface area contributed by atoms with Gasteiger partial charge in [0.05, 0.1) is 6.04 Å². The topological polar surface area (TPSA) is 44.4 Å². The van der Waals surface area contributed by atoms with E-state index >= 15 is 0 Å². The third kappa shape index (κ3) is 3.68. The van der Waals surface area contributed by atoms with Crippen LogP contribution in [-0.2, 0) is 17.8 Å². The lowest BCUT2D eigenvalue weighted by molar-refractivity contribution is -0.123. The van der Waals surface area contributed by atoms with Gasteiger partial charge >= 0.3 is 0 Å². The summed E-state index contributed by atoms with van der Waals surface area (Å²) < 4.78 is 0. The highest BCUT2D eigenvalue weighted by Gasteiger charge is 2.23. The van der Waals surface area contributed by atoms with E-state index in [9.17, 15) is 4.79 Å². The van der Waals surface area contributed by atoms with E-state index in [4.69, 9.17) is 0 Å². The third-order valence-corrected chi connectivity index (χ3v) is 4.98. The number of hydrogen-bond donors (Lipinski definition) is 2. The number of hydrogen-bond acceptors (Lipinski definition) is 3. The molecular weight excluding hydrogens is 274 g/mol. The highest BCUT2D eigenvalue weighted by atomic mass is 16.2. The molecule has 0 bridgehead atoms. The van der Waals surface area contributed by atoms with Crippen LogP contribution in [0.3, 0.4) is 0 Å². The monoisotopic (exact) mass is 301 g/mol. The average molecular weight is 301 g/mol. The van der Waals surface area contributed by atoms with Gasteiger partial charge in [0.25, 0.3) is 0 Å². The van der Waals surface area contributed by atoms with E-state index in [1.807, 2.05) is 0 Å². The molecule has 0 aromatic heterocycles. The summed E-state index contributed by atoms with van der Waals surface area (Å²) in [6.07, 6.45) is 4.42. The second-order valence-corrected chi connectivity index (χ2v) is 6.59. The van der Waals surface area contributed by atoms with E-state index in [-0.39, 0.29) is 11.9 Å². The third-order valence-electron chi connectivity index (χ3n) is 4.98. The molecular formula is C18H27N3O. The molecule has 2 aliphatic rings. The van der Waals surface area contributed by atoms with Gasteiger partial charge in [-0.2, -0.15) is 0 Å². The van der Waals surface area contributed by atoms with Crippen molar-refractivity contribution in [3.63, 3.8) is 0 Å². The summed E-state index contributed by atoms with van der Waals surface area (Å²) in [6, 6.07) is 9.08. The van der Waals surface area contributed by atoms with E-state index in [1.54, 1.807) is 0 Å². The Balaban J connectivity index is 1.48. The maximum absolute atomic E-state index is 12.2. The predicted octanol–water partition coefficient (Wildman–Crippen LogP) is 1.69. The highest BCUT2D eigenvalue weighted by molar-refractivity contribution is 5.81. The van der Waals surface area contributed by atoms with Crippen molar-refractivity contribution in [1.29, 1.82) is 0 Å². The fourth-order valence-electron chi connectivity index (χ4n) is 3.47. The van der Waals surface area contributed by atoms with Crippen LogP contribution in [0.5, 0.6) is 0 Å². The minimum atomic E-state index is 0.0167. The van der Waals surface area contributed by atoms with Crippen LogP contribution >= 0.6 is 0 Å². The first-order valence-corrected chi connectivity index (χ1v) is 8.56. The van der Waals surface area contributed by atoms with Crippen LogP contribution in [0.15, 0.2) is 24.3 Å². The van der Waals surface area contributed by atoms with Crippen LogP contribution in [0.4, 0.5) is 0 Å². The van der Waals surface area contributed by atoms with E-state index in [0.717, 1.165) is 45.4 Å². The summed E-state index contributed by atoms with van der Waals surface area (Å²) in [7, 11) is 0. The first kappa shape index (κ1) is 15.5. The fraction of sp³-hybridized carbons (Fsp3) is 0.611. The number of nitrogens with one attached hydrogen (secondary N) is 2. The Hall–Kier alpha value is -1.39. The highest BCUT2D eigenvalue weighted by Crippen LogP contribution is 2.20. The molecule has 4 heteroatoms. The quantitative estimate of drug-likeness (QED) is 0.889. The second kappa shape index (κ2) is 7.25. The number of benzene rings is 1. The minimum absolute atomic E-state index is 0.0167. The van der Waals surface area contributed by atoms with E-state index in [0.29, 0.717) is 6.04 Å². The van der Waals surface area contributed by atoms with Crippen molar-refractivity contribution in [3.05, 3.63) is 35.4 Å². The Labute approximate surface area is 133 Å². The molecule has 120 valence electrons. The predicted molar refractivity (Wildman–Crippen MR) is 88.7 cm³/mol. The van der Waals surface area contributed by atoms with E-state index in [2.05, 4.69) is 46.7 Å². The number of amides is 1. The van der Waals surface area contributed by atoms with E-state index in [1.165, 1.54) is 17.5 Å². The van der Waals surface area contributed by atoms with Crippen molar-refractivity contribution in [2.24, 2.45) is 0 Å². The van der Waals surface area contributed by atoms with Crippen LogP contribution < -0.4 is 10.6 Å². The van der Waals surface area contributed by atoms with Gasteiger partial charge in [0.2, 0.25) is 5.91 Å². The molecule has 3 rings (SSSR count). The maximum atomic E-state index is 12.2. The zero-order chi connectivity index (χ0) is 15.4. The fourth-order valence-corrected chi connectivity index (χ4v) is 3.47. The average Bonchev–Trinajstić information content (AvgIpc) is 2.59. The Kier molecular flexibility index (Phi) is 5.11. The van der Waals surface area contributed by atoms with Gasteiger partial charge in [-0.15, -0.1) is 0 Å². The molecule has 0 radical (unpaired) electrons. The minimum Gasteiger partial charge on any atom is -0.353 e. The molecule has 2 N–H and O–H groups in total.